The van der Waals surface area contributed by atoms with Crippen LogP contribution in [0.15, 0.2) is 0 Å². The van der Waals surface area contributed by atoms with Crippen molar-refractivity contribution < 1.29 is 4.79 Å². The van der Waals surface area contributed by atoms with Crippen molar-refractivity contribution in [3.63, 3.8) is 0 Å². The van der Waals surface area contributed by atoms with E-state index in [9.17, 15) is 4.79 Å². The maximum Gasteiger partial charge on any atom is 0.220 e. The van der Waals surface area contributed by atoms with Crippen molar-refractivity contribution in [1.82, 2.24) is 10.6 Å². The van der Waals surface area contributed by atoms with Gasteiger partial charge in [-0.15, -0.1) is 0 Å². The molecule has 1 unspecified atom stereocenters. The predicted octanol–water partition coefficient (Wildman–Crippen LogP) is 1.40. The van der Waals surface area contributed by atoms with Gasteiger partial charge in [-0.3, -0.25) is 4.79 Å². The smallest absolute Gasteiger partial charge is 0.220 e. The van der Waals surface area contributed by atoms with E-state index in [1.54, 1.807) is 0 Å². The zero-order valence-electron chi connectivity index (χ0n) is 12.2. The van der Waals surface area contributed by atoms with E-state index in [0.29, 0.717) is 24.8 Å². The van der Waals surface area contributed by atoms with Gasteiger partial charge in [0.1, 0.15) is 0 Å². The minimum absolute atomic E-state index is 0.0923. The third kappa shape index (κ3) is 3.93. The van der Waals surface area contributed by atoms with Gasteiger partial charge in [0, 0.05) is 13.0 Å². The van der Waals surface area contributed by atoms with Gasteiger partial charge in [-0.25, -0.2) is 0 Å². The van der Waals surface area contributed by atoms with Crippen LogP contribution in [0.25, 0.3) is 0 Å². The van der Waals surface area contributed by atoms with Crippen LogP contribution in [0.5, 0.6) is 0 Å². The highest BCUT2D eigenvalue weighted by atomic mass is 16.1. The lowest BCUT2D eigenvalue weighted by molar-refractivity contribution is -0.124. The quantitative estimate of drug-likeness (QED) is 0.705. The molecule has 1 atom stereocenters. The van der Waals surface area contributed by atoms with Crippen LogP contribution in [0.4, 0.5) is 0 Å². The van der Waals surface area contributed by atoms with Gasteiger partial charge in [0.2, 0.25) is 5.91 Å². The van der Waals surface area contributed by atoms with E-state index in [1.165, 1.54) is 25.7 Å². The van der Waals surface area contributed by atoms with Crippen LogP contribution < -0.4 is 16.4 Å². The fourth-order valence-corrected chi connectivity index (χ4v) is 3.65. The van der Waals surface area contributed by atoms with Gasteiger partial charge in [0.25, 0.3) is 0 Å². The van der Waals surface area contributed by atoms with Gasteiger partial charge >= 0.3 is 0 Å². The highest BCUT2D eigenvalue weighted by molar-refractivity contribution is 5.77. The number of carbonyl (C=O) groups is 1. The SMILES string of the molecule is CC(CC(=O)NC1(CN)CCCC1)C1CCNCC1. The Labute approximate surface area is 116 Å². The van der Waals surface area contributed by atoms with Crippen molar-refractivity contribution in [2.75, 3.05) is 19.6 Å². The van der Waals surface area contributed by atoms with Gasteiger partial charge < -0.3 is 16.4 Å². The van der Waals surface area contributed by atoms with E-state index in [1.807, 2.05) is 0 Å². The number of hydrogen-bond acceptors (Lipinski definition) is 3. The molecule has 0 aromatic rings. The topological polar surface area (TPSA) is 67.2 Å². The Bertz CT molecular complexity index is 294. The summed E-state index contributed by atoms with van der Waals surface area (Å²) in [4.78, 5) is 12.2. The summed E-state index contributed by atoms with van der Waals surface area (Å²) in [6, 6.07) is 0. The third-order valence-corrected chi connectivity index (χ3v) is 5.05. The Balaban J connectivity index is 1.79. The average Bonchev–Trinajstić information content (AvgIpc) is 2.88. The Morgan fingerprint density at radius 1 is 1.37 bits per heavy atom. The molecule has 2 fully saturated rings. The Hall–Kier alpha value is -0.610. The van der Waals surface area contributed by atoms with E-state index in [-0.39, 0.29) is 11.4 Å². The number of nitrogens with two attached hydrogens (primary N) is 1. The number of nitrogens with one attached hydrogen (secondary N) is 2. The van der Waals surface area contributed by atoms with Gasteiger partial charge in [-0.05, 0) is 50.6 Å². The van der Waals surface area contributed by atoms with Crippen LogP contribution in [0, 0.1) is 11.8 Å². The molecule has 1 amide bonds. The van der Waals surface area contributed by atoms with Crippen molar-refractivity contribution in [2.24, 2.45) is 17.6 Å². The first-order valence-corrected chi connectivity index (χ1v) is 7.87. The summed E-state index contributed by atoms with van der Waals surface area (Å²) < 4.78 is 0. The molecule has 1 heterocycles. The van der Waals surface area contributed by atoms with E-state index in [2.05, 4.69) is 17.6 Å². The Kier molecular flexibility index (Phi) is 5.22. The van der Waals surface area contributed by atoms with Crippen molar-refractivity contribution in [3.8, 4) is 0 Å². The summed E-state index contributed by atoms with van der Waals surface area (Å²) in [6.07, 6.45) is 7.57. The molecule has 0 bridgehead atoms. The summed E-state index contributed by atoms with van der Waals surface area (Å²) in [5.74, 6) is 1.39. The lowest BCUT2D eigenvalue weighted by atomic mass is 9.83. The molecule has 1 aliphatic carbocycles. The van der Waals surface area contributed by atoms with Crippen LogP contribution in [-0.4, -0.2) is 31.1 Å². The van der Waals surface area contributed by atoms with Gasteiger partial charge in [-0.2, -0.15) is 0 Å². The van der Waals surface area contributed by atoms with Crippen molar-refractivity contribution >= 4 is 5.91 Å². The molecule has 110 valence electrons. The molecule has 0 spiro atoms. The minimum Gasteiger partial charge on any atom is -0.349 e. The molecular formula is C15H29N3O. The van der Waals surface area contributed by atoms with Crippen molar-refractivity contribution in [2.45, 2.75) is 57.4 Å². The standard InChI is InChI=1S/C15H29N3O/c1-12(13-4-8-17-9-5-13)10-14(19)18-15(11-16)6-2-3-7-15/h12-13,17H,2-11,16H2,1H3,(H,18,19). The molecule has 4 N–H and O–H groups in total. The molecule has 1 saturated heterocycles. The minimum atomic E-state index is -0.0923. The average molecular weight is 267 g/mol. The van der Waals surface area contributed by atoms with Crippen LogP contribution in [0.2, 0.25) is 0 Å². The zero-order valence-corrected chi connectivity index (χ0v) is 12.2. The summed E-state index contributed by atoms with van der Waals surface area (Å²) in [6.45, 7) is 5.01. The first-order chi connectivity index (χ1) is 9.15. The molecule has 0 radical (unpaired) electrons. The number of rotatable bonds is 5. The first kappa shape index (κ1) is 14.8. The van der Waals surface area contributed by atoms with Crippen molar-refractivity contribution in [1.29, 1.82) is 0 Å². The second kappa shape index (κ2) is 6.71. The second-order valence-electron chi connectivity index (χ2n) is 6.51. The number of carbonyl (C=O) groups excluding carboxylic acids is 1. The summed E-state index contributed by atoms with van der Waals surface area (Å²) in [7, 11) is 0. The molecular weight excluding hydrogens is 238 g/mol. The second-order valence-corrected chi connectivity index (χ2v) is 6.51. The molecule has 0 aromatic carbocycles. The monoisotopic (exact) mass is 267 g/mol. The molecule has 1 aliphatic heterocycles. The lowest BCUT2D eigenvalue weighted by Crippen LogP contribution is -2.52. The summed E-state index contributed by atoms with van der Waals surface area (Å²) >= 11 is 0. The van der Waals surface area contributed by atoms with Gasteiger partial charge in [-0.1, -0.05) is 19.8 Å². The van der Waals surface area contributed by atoms with E-state index < -0.39 is 0 Å². The van der Waals surface area contributed by atoms with Crippen LogP contribution in [0.1, 0.15) is 51.9 Å². The van der Waals surface area contributed by atoms with E-state index in [0.717, 1.165) is 25.9 Å². The molecule has 1 saturated carbocycles. The maximum absolute atomic E-state index is 12.2. The highest BCUT2D eigenvalue weighted by Crippen LogP contribution is 2.29. The van der Waals surface area contributed by atoms with Crippen LogP contribution >= 0.6 is 0 Å². The van der Waals surface area contributed by atoms with Gasteiger partial charge in [0.05, 0.1) is 5.54 Å². The molecule has 0 aromatic heterocycles. The Morgan fingerprint density at radius 3 is 2.58 bits per heavy atom. The van der Waals surface area contributed by atoms with E-state index >= 15 is 0 Å². The predicted molar refractivity (Wildman–Crippen MR) is 77.8 cm³/mol. The highest BCUT2D eigenvalue weighted by Gasteiger charge is 2.34. The lowest BCUT2D eigenvalue weighted by Gasteiger charge is -2.31. The van der Waals surface area contributed by atoms with Crippen LogP contribution in [0.3, 0.4) is 0 Å². The molecule has 4 nitrogen and oxygen atoms in total. The largest absolute Gasteiger partial charge is 0.349 e. The zero-order chi connectivity index (χ0) is 13.7. The fraction of sp³-hybridized carbons (Fsp3) is 0.933. The normalized spacial score (nSPS) is 25.2. The van der Waals surface area contributed by atoms with E-state index in [4.69, 9.17) is 5.73 Å². The fourth-order valence-electron chi connectivity index (χ4n) is 3.65. The van der Waals surface area contributed by atoms with Gasteiger partial charge in [0.15, 0.2) is 0 Å². The summed E-state index contributed by atoms with van der Waals surface area (Å²) in [5, 5.41) is 6.61. The number of hydrogen-bond donors (Lipinski definition) is 3. The summed E-state index contributed by atoms with van der Waals surface area (Å²) in [5.41, 5.74) is 5.78. The Morgan fingerprint density at radius 2 is 2.00 bits per heavy atom. The van der Waals surface area contributed by atoms with Crippen LogP contribution in [-0.2, 0) is 4.79 Å². The molecule has 2 aliphatic rings. The number of piperidine rings is 1. The number of amides is 1. The first-order valence-electron chi connectivity index (χ1n) is 7.87. The molecule has 4 heteroatoms. The van der Waals surface area contributed by atoms with Crippen molar-refractivity contribution in [3.05, 3.63) is 0 Å². The molecule has 19 heavy (non-hydrogen) atoms. The molecule has 2 rings (SSSR count). The maximum atomic E-state index is 12.2. The third-order valence-electron chi connectivity index (χ3n) is 5.05.